The van der Waals surface area contributed by atoms with E-state index in [1.54, 1.807) is 18.2 Å². The summed E-state index contributed by atoms with van der Waals surface area (Å²) in [4.78, 5) is 13.4. The number of hydrogen-bond donors (Lipinski definition) is 0. The molecule has 4 aromatic rings. The zero-order chi connectivity index (χ0) is 19.5. The lowest BCUT2D eigenvalue weighted by Gasteiger charge is -2.11. The molecule has 4 rings (SSSR count). The molecule has 0 spiro atoms. The van der Waals surface area contributed by atoms with Crippen molar-refractivity contribution in [3.8, 4) is 11.8 Å². The van der Waals surface area contributed by atoms with Crippen molar-refractivity contribution in [3.63, 3.8) is 0 Å². The van der Waals surface area contributed by atoms with Crippen LogP contribution in [0.4, 0.5) is 4.39 Å². The third-order valence-corrected chi connectivity index (χ3v) is 5.28. The average molecular weight is 476 g/mol. The van der Waals surface area contributed by atoms with Gasteiger partial charge in [0.25, 0.3) is 0 Å². The van der Waals surface area contributed by atoms with Crippen LogP contribution in [-0.2, 0) is 0 Å². The van der Waals surface area contributed by atoms with Crippen molar-refractivity contribution >= 4 is 39.1 Å². The van der Waals surface area contributed by atoms with E-state index in [1.165, 1.54) is 12.1 Å². The number of carbonyl (C=O) groups excluding carboxylic acids is 1. The lowest BCUT2D eigenvalue weighted by molar-refractivity contribution is 0.104. The van der Waals surface area contributed by atoms with Crippen LogP contribution in [0.1, 0.15) is 27.0 Å². The fourth-order valence-corrected chi connectivity index (χ4v) is 3.82. The smallest absolute Gasteiger partial charge is 0.194 e. The van der Waals surface area contributed by atoms with Crippen LogP contribution in [0.15, 0.2) is 84.9 Å². The van der Waals surface area contributed by atoms with Gasteiger partial charge in [-0.15, -0.1) is 0 Å². The maximum atomic E-state index is 14.0. The topological polar surface area (TPSA) is 17.1 Å². The van der Waals surface area contributed by atoms with Crippen LogP contribution in [0.3, 0.4) is 0 Å². The lowest BCUT2D eigenvalue weighted by Crippen LogP contribution is -2.07. The van der Waals surface area contributed by atoms with Gasteiger partial charge in [0.2, 0.25) is 0 Å². The minimum atomic E-state index is -0.377. The Hall–Kier alpha value is -2.97. The molecule has 0 saturated carbocycles. The highest BCUT2D eigenvalue weighted by Gasteiger charge is 2.19. The van der Waals surface area contributed by atoms with Crippen LogP contribution >= 0.6 is 22.6 Å². The second kappa shape index (κ2) is 7.95. The van der Waals surface area contributed by atoms with Gasteiger partial charge in [-0.3, -0.25) is 4.79 Å². The molecule has 0 aliphatic heterocycles. The first-order chi connectivity index (χ1) is 13.6. The molecule has 0 aliphatic carbocycles. The zero-order valence-electron chi connectivity index (χ0n) is 14.7. The molecule has 0 atom stereocenters. The minimum Gasteiger partial charge on any atom is -0.289 e. The quantitative estimate of drug-likeness (QED) is 0.191. The van der Waals surface area contributed by atoms with Crippen LogP contribution in [0.25, 0.3) is 10.8 Å². The molecule has 134 valence electrons. The summed E-state index contributed by atoms with van der Waals surface area (Å²) >= 11 is 2.19. The number of ketones is 1. The van der Waals surface area contributed by atoms with Gasteiger partial charge in [-0.2, -0.15) is 0 Å². The van der Waals surface area contributed by atoms with Crippen molar-refractivity contribution in [2.24, 2.45) is 0 Å². The van der Waals surface area contributed by atoms with E-state index in [2.05, 4.69) is 34.4 Å². The molecule has 0 aromatic heterocycles. The molecule has 1 nitrogen and oxygen atoms in total. The molecule has 0 aliphatic rings. The number of hydrogen-bond acceptors (Lipinski definition) is 1. The summed E-state index contributed by atoms with van der Waals surface area (Å²) in [5, 5.41) is 1.39. The van der Waals surface area contributed by atoms with Crippen molar-refractivity contribution in [3.05, 3.63) is 117 Å². The summed E-state index contributed by atoms with van der Waals surface area (Å²) in [6.07, 6.45) is 0. The van der Waals surface area contributed by atoms with E-state index >= 15 is 0 Å². The Morgan fingerprint density at radius 1 is 0.821 bits per heavy atom. The van der Waals surface area contributed by atoms with Crippen molar-refractivity contribution in [2.45, 2.75) is 0 Å². The lowest BCUT2D eigenvalue weighted by atomic mass is 9.92. The molecule has 0 unspecified atom stereocenters. The average Bonchev–Trinajstić information content (AvgIpc) is 2.73. The Morgan fingerprint density at radius 3 is 2.21 bits per heavy atom. The predicted molar refractivity (Wildman–Crippen MR) is 119 cm³/mol. The molecular formula is C25H14FIO. The van der Waals surface area contributed by atoms with E-state index in [-0.39, 0.29) is 11.6 Å². The second-order valence-electron chi connectivity index (χ2n) is 6.29. The predicted octanol–water partition coefficient (Wildman–Crippen LogP) is 6.21. The van der Waals surface area contributed by atoms with Gasteiger partial charge < -0.3 is 0 Å². The van der Waals surface area contributed by atoms with E-state index in [0.29, 0.717) is 22.1 Å². The van der Waals surface area contributed by atoms with Crippen molar-refractivity contribution in [1.82, 2.24) is 0 Å². The fourth-order valence-electron chi connectivity index (χ4n) is 3.08. The summed E-state index contributed by atoms with van der Waals surface area (Å²) < 4.78 is 14.9. The summed E-state index contributed by atoms with van der Waals surface area (Å²) in [6.45, 7) is 0. The summed E-state index contributed by atoms with van der Waals surface area (Å²) in [5.74, 6) is 5.75. The van der Waals surface area contributed by atoms with E-state index in [4.69, 9.17) is 0 Å². The van der Waals surface area contributed by atoms with E-state index in [9.17, 15) is 9.18 Å². The number of halogens is 2. The molecule has 0 saturated heterocycles. The van der Waals surface area contributed by atoms with Gasteiger partial charge in [0.15, 0.2) is 5.78 Å². The highest BCUT2D eigenvalue weighted by atomic mass is 127. The zero-order valence-corrected chi connectivity index (χ0v) is 16.9. The maximum Gasteiger partial charge on any atom is 0.194 e. The first kappa shape index (κ1) is 18.4. The first-order valence-corrected chi connectivity index (χ1v) is 9.80. The molecule has 28 heavy (non-hydrogen) atoms. The molecule has 0 bridgehead atoms. The van der Waals surface area contributed by atoms with Crippen LogP contribution < -0.4 is 0 Å². The molecule has 3 heteroatoms. The molecule has 0 fully saturated rings. The Bertz CT molecular complexity index is 1240. The molecular weight excluding hydrogens is 462 g/mol. The monoisotopic (exact) mass is 476 g/mol. The number of benzene rings is 4. The second-order valence-corrected chi connectivity index (χ2v) is 7.45. The summed E-state index contributed by atoms with van der Waals surface area (Å²) in [5.41, 5.74) is 2.47. The van der Waals surface area contributed by atoms with Gasteiger partial charge in [0.1, 0.15) is 5.82 Å². The van der Waals surface area contributed by atoms with Crippen LogP contribution in [0, 0.1) is 21.2 Å². The molecule has 0 radical (unpaired) electrons. The first-order valence-electron chi connectivity index (χ1n) is 8.72. The van der Waals surface area contributed by atoms with E-state index in [0.717, 1.165) is 14.5 Å². The third kappa shape index (κ3) is 3.69. The van der Waals surface area contributed by atoms with Crippen molar-refractivity contribution < 1.29 is 9.18 Å². The van der Waals surface area contributed by atoms with E-state index in [1.807, 2.05) is 54.6 Å². The molecule has 0 heterocycles. The largest absolute Gasteiger partial charge is 0.289 e. The van der Waals surface area contributed by atoms with Crippen molar-refractivity contribution in [1.29, 1.82) is 0 Å². The SMILES string of the molecule is O=C(c1ccccc1)c1c(C#Cc2ccccc2)c(I)cc2ccc(F)cc12. The molecule has 4 aromatic carbocycles. The number of rotatable bonds is 2. The minimum absolute atomic E-state index is 0.160. The van der Waals surface area contributed by atoms with Gasteiger partial charge >= 0.3 is 0 Å². The number of carbonyl (C=O) groups is 1. The van der Waals surface area contributed by atoms with Gasteiger partial charge in [0, 0.05) is 20.3 Å². The standard InChI is InChI=1S/C25H14FIO/c26-20-13-12-19-15-23(27)21(14-11-17-7-3-1-4-8-17)24(22(19)16-20)25(28)18-9-5-2-6-10-18/h1-10,12-13,15-16H. The highest BCUT2D eigenvalue weighted by Crippen LogP contribution is 2.29. The van der Waals surface area contributed by atoms with Crippen LogP contribution in [0.2, 0.25) is 0 Å². The Morgan fingerprint density at radius 2 is 1.50 bits per heavy atom. The Labute approximate surface area is 176 Å². The normalized spacial score (nSPS) is 10.4. The third-order valence-electron chi connectivity index (χ3n) is 4.42. The Kier molecular flexibility index (Phi) is 5.23. The van der Waals surface area contributed by atoms with Gasteiger partial charge in [-0.1, -0.05) is 66.4 Å². The molecule has 0 amide bonds. The van der Waals surface area contributed by atoms with Gasteiger partial charge in [-0.05, 0) is 63.7 Å². The van der Waals surface area contributed by atoms with Gasteiger partial charge in [0.05, 0.1) is 5.56 Å². The maximum absolute atomic E-state index is 14.0. The van der Waals surface area contributed by atoms with Crippen LogP contribution in [0.5, 0.6) is 0 Å². The van der Waals surface area contributed by atoms with E-state index < -0.39 is 0 Å². The van der Waals surface area contributed by atoms with Gasteiger partial charge in [-0.25, -0.2) is 4.39 Å². The Balaban J connectivity index is 2.00. The molecule has 0 N–H and O–H groups in total. The fraction of sp³-hybridized carbons (Fsp3) is 0. The summed E-state index contributed by atoms with van der Waals surface area (Å²) in [7, 11) is 0. The van der Waals surface area contributed by atoms with Crippen molar-refractivity contribution in [2.75, 3.05) is 0 Å². The van der Waals surface area contributed by atoms with Crippen LogP contribution in [-0.4, -0.2) is 5.78 Å². The summed E-state index contributed by atoms with van der Waals surface area (Å²) in [6, 6.07) is 25.1. The number of fused-ring (bicyclic) bond motifs is 1. The highest BCUT2D eigenvalue weighted by molar-refractivity contribution is 14.1.